The van der Waals surface area contributed by atoms with Crippen LogP contribution in [0.5, 0.6) is 5.75 Å². The van der Waals surface area contributed by atoms with Crippen molar-refractivity contribution in [2.45, 2.75) is 24.8 Å². The van der Waals surface area contributed by atoms with E-state index in [4.69, 9.17) is 16.3 Å². The van der Waals surface area contributed by atoms with Crippen molar-refractivity contribution in [2.75, 3.05) is 20.2 Å². The molecule has 1 unspecified atom stereocenters. The molecule has 1 aliphatic rings. The van der Waals surface area contributed by atoms with Gasteiger partial charge < -0.3 is 9.84 Å². The molecule has 0 spiro atoms. The Bertz CT molecular complexity index is 603. The summed E-state index contributed by atoms with van der Waals surface area (Å²) in [5.74, 6) is 0.503. The molecular weight excluding hydrogens is 302 g/mol. The second-order valence-electron chi connectivity index (χ2n) is 5.01. The second kappa shape index (κ2) is 5.89. The first-order chi connectivity index (χ1) is 9.40. The van der Waals surface area contributed by atoms with E-state index in [0.29, 0.717) is 24.6 Å². The first-order valence-corrected chi connectivity index (χ1v) is 8.19. The molecule has 0 aromatic heterocycles. The predicted molar refractivity (Wildman–Crippen MR) is 76.5 cm³/mol. The first kappa shape index (κ1) is 15.6. The molecule has 1 aromatic carbocycles. The summed E-state index contributed by atoms with van der Waals surface area (Å²) < 4.78 is 32.0. The average molecular weight is 320 g/mol. The van der Waals surface area contributed by atoms with Gasteiger partial charge in [0.1, 0.15) is 10.6 Å². The van der Waals surface area contributed by atoms with Crippen LogP contribution in [0.2, 0.25) is 5.02 Å². The van der Waals surface area contributed by atoms with Gasteiger partial charge in [0.2, 0.25) is 10.0 Å². The molecule has 0 bridgehead atoms. The third-order valence-corrected chi connectivity index (χ3v) is 5.56. The molecule has 5 nitrogen and oxygen atoms in total. The topological polar surface area (TPSA) is 66.8 Å². The number of halogens is 1. The molecule has 0 aliphatic carbocycles. The van der Waals surface area contributed by atoms with E-state index in [1.807, 2.05) is 6.92 Å². The lowest BCUT2D eigenvalue weighted by atomic mass is 10.2. The van der Waals surface area contributed by atoms with Gasteiger partial charge in [-0.1, -0.05) is 18.5 Å². The minimum atomic E-state index is -3.66. The zero-order valence-electron chi connectivity index (χ0n) is 11.5. The van der Waals surface area contributed by atoms with Gasteiger partial charge in [0.05, 0.1) is 13.7 Å². The second-order valence-corrected chi connectivity index (χ2v) is 7.35. The van der Waals surface area contributed by atoms with Crippen molar-refractivity contribution < 1.29 is 18.3 Å². The van der Waals surface area contributed by atoms with Gasteiger partial charge in [-0.15, -0.1) is 0 Å². The van der Waals surface area contributed by atoms with Crippen LogP contribution < -0.4 is 4.74 Å². The van der Waals surface area contributed by atoms with Crippen molar-refractivity contribution in [3.63, 3.8) is 0 Å². The number of ether oxygens (including phenoxy) is 1. The third kappa shape index (κ3) is 2.79. The number of hydrogen-bond acceptors (Lipinski definition) is 4. The van der Waals surface area contributed by atoms with Crippen molar-refractivity contribution in [1.29, 1.82) is 0 Å². The van der Waals surface area contributed by atoms with Crippen LogP contribution in [0.15, 0.2) is 17.0 Å². The van der Waals surface area contributed by atoms with Crippen molar-refractivity contribution in [3.8, 4) is 5.75 Å². The van der Waals surface area contributed by atoms with E-state index in [9.17, 15) is 13.5 Å². The van der Waals surface area contributed by atoms with Gasteiger partial charge in [-0.05, 0) is 24.5 Å². The molecule has 1 aliphatic heterocycles. The standard InChI is InChI=1S/C13H18ClNO4S/c1-9-3-4-15(7-9)20(17,18)12-6-11(14)5-10(8-16)13(12)19-2/h5-6,9,16H,3-4,7-8H2,1-2H3. The number of benzene rings is 1. The van der Waals surface area contributed by atoms with Crippen LogP contribution in [0.3, 0.4) is 0 Å². The summed E-state index contributed by atoms with van der Waals surface area (Å²) >= 11 is 5.95. The summed E-state index contributed by atoms with van der Waals surface area (Å²) in [7, 11) is -2.27. The highest BCUT2D eigenvalue weighted by atomic mass is 35.5. The zero-order valence-corrected chi connectivity index (χ0v) is 13.0. The molecule has 0 saturated carbocycles. The number of rotatable bonds is 4. The highest BCUT2D eigenvalue weighted by molar-refractivity contribution is 7.89. The van der Waals surface area contributed by atoms with Crippen molar-refractivity contribution >= 4 is 21.6 Å². The van der Waals surface area contributed by atoms with Crippen LogP contribution in [0.1, 0.15) is 18.9 Å². The number of sulfonamides is 1. The zero-order chi connectivity index (χ0) is 14.9. The maximum atomic E-state index is 12.7. The van der Waals surface area contributed by atoms with Gasteiger partial charge in [0.25, 0.3) is 0 Å². The van der Waals surface area contributed by atoms with Crippen molar-refractivity contribution in [3.05, 3.63) is 22.7 Å². The summed E-state index contributed by atoms with van der Waals surface area (Å²) in [6.45, 7) is 2.67. The van der Waals surface area contributed by atoms with Crippen molar-refractivity contribution in [2.24, 2.45) is 5.92 Å². The SMILES string of the molecule is COc1c(CO)cc(Cl)cc1S(=O)(=O)N1CCC(C)C1. The summed E-state index contributed by atoms with van der Waals surface area (Å²) in [5.41, 5.74) is 0.367. The molecule has 0 radical (unpaired) electrons. The van der Waals surface area contributed by atoms with Gasteiger partial charge in [-0.2, -0.15) is 4.31 Å². The van der Waals surface area contributed by atoms with Gasteiger partial charge in [-0.25, -0.2) is 8.42 Å². The molecule has 1 aromatic rings. The highest BCUT2D eigenvalue weighted by Crippen LogP contribution is 2.35. The fraction of sp³-hybridized carbons (Fsp3) is 0.538. The molecule has 1 fully saturated rings. The maximum absolute atomic E-state index is 12.7. The van der Waals surface area contributed by atoms with Crippen LogP contribution in [0, 0.1) is 5.92 Å². The van der Waals surface area contributed by atoms with E-state index in [1.165, 1.54) is 23.5 Å². The molecule has 1 heterocycles. The van der Waals surface area contributed by atoms with E-state index in [1.54, 1.807) is 0 Å². The molecule has 2 rings (SSSR count). The normalized spacial score (nSPS) is 20.3. The summed E-state index contributed by atoms with van der Waals surface area (Å²) in [4.78, 5) is 0.0191. The predicted octanol–water partition coefficient (Wildman–Crippen LogP) is 1.87. The Kier molecular flexibility index (Phi) is 4.59. The van der Waals surface area contributed by atoms with Gasteiger partial charge >= 0.3 is 0 Å². The quantitative estimate of drug-likeness (QED) is 0.920. The molecule has 1 atom stereocenters. The maximum Gasteiger partial charge on any atom is 0.246 e. The minimum Gasteiger partial charge on any atom is -0.495 e. The van der Waals surface area contributed by atoms with Gasteiger partial charge in [0.15, 0.2) is 0 Å². The van der Waals surface area contributed by atoms with Crippen LogP contribution >= 0.6 is 11.6 Å². The highest BCUT2D eigenvalue weighted by Gasteiger charge is 2.33. The van der Waals surface area contributed by atoms with Crippen LogP contribution in [-0.2, 0) is 16.6 Å². The largest absolute Gasteiger partial charge is 0.495 e. The Labute approximate surface area is 124 Å². The Balaban J connectivity index is 2.53. The van der Waals surface area contributed by atoms with Crippen LogP contribution in [-0.4, -0.2) is 38.0 Å². The third-order valence-electron chi connectivity index (χ3n) is 3.48. The Morgan fingerprint density at radius 1 is 1.50 bits per heavy atom. The molecule has 7 heteroatoms. The number of aliphatic hydroxyl groups is 1. The number of nitrogens with zero attached hydrogens (tertiary/aromatic N) is 1. The summed E-state index contributed by atoms with van der Waals surface area (Å²) in [6.07, 6.45) is 0.842. The summed E-state index contributed by atoms with van der Waals surface area (Å²) in [5, 5.41) is 9.59. The van der Waals surface area contributed by atoms with Gasteiger partial charge in [-0.3, -0.25) is 0 Å². The molecule has 1 N–H and O–H groups in total. The number of methoxy groups -OCH3 is 1. The van der Waals surface area contributed by atoms with E-state index in [0.717, 1.165) is 6.42 Å². The average Bonchev–Trinajstić information content (AvgIpc) is 2.85. The van der Waals surface area contributed by atoms with Crippen molar-refractivity contribution in [1.82, 2.24) is 4.31 Å². The number of hydrogen-bond donors (Lipinski definition) is 1. The fourth-order valence-electron chi connectivity index (χ4n) is 2.42. The lowest BCUT2D eigenvalue weighted by Gasteiger charge is -2.19. The van der Waals surface area contributed by atoms with E-state index in [-0.39, 0.29) is 22.3 Å². The van der Waals surface area contributed by atoms with Crippen LogP contribution in [0.4, 0.5) is 0 Å². The Morgan fingerprint density at radius 3 is 2.70 bits per heavy atom. The molecule has 20 heavy (non-hydrogen) atoms. The molecule has 1 saturated heterocycles. The Hall–Kier alpha value is -0.820. The van der Waals surface area contributed by atoms with E-state index in [2.05, 4.69) is 0 Å². The summed E-state index contributed by atoms with van der Waals surface area (Å²) in [6, 6.07) is 2.88. The lowest BCUT2D eigenvalue weighted by Crippen LogP contribution is -2.29. The monoisotopic (exact) mass is 319 g/mol. The van der Waals surface area contributed by atoms with Crippen LogP contribution in [0.25, 0.3) is 0 Å². The fourth-order valence-corrected chi connectivity index (χ4v) is 4.52. The Morgan fingerprint density at radius 2 is 2.20 bits per heavy atom. The van der Waals surface area contributed by atoms with E-state index < -0.39 is 10.0 Å². The molecular formula is C13H18ClNO4S. The molecule has 0 amide bonds. The molecule has 112 valence electrons. The van der Waals surface area contributed by atoms with E-state index >= 15 is 0 Å². The minimum absolute atomic E-state index is 0.0191. The first-order valence-electron chi connectivity index (χ1n) is 6.37. The smallest absolute Gasteiger partial charge is 0.246 e. The number of aliphatic hydroxyl groups excluding tert-OH is 1. The lowest BCUT2D eigenvalue weighted by molar-refractivity contribution is 0.272. The van der Waals surface area contributed by atoms with Gasteiger partial charge in [0, 0.05) is 23.7 Å².